The van der Waals surface area contributed by atoms with Gasteiger partial charge in [-0.25, -0.2) is 0 Å². The maximum absolute atomic E-state index is 3.70. The summed E-state index contributed by atoms with van der Waals surface area (Å²) in [5.41, 5.74) is 3.35. The molecule has 1 aromatic rings. The summed E-state index contributed by atoms with van der Waals surface area (Å²) >= 11 is 0. The van der Waals surface area contributed by atoms with Gasteiger partial charge in [0.1, 0.15) is 0 Å². The van der Waals surface area contributed by atoms with Crippen LogP contribution in [0.15, 0.2) is 24.3 Å². The SMILES string of the molecule is Cc1ccccc1NC1CC2(CCNCC2)C1. The minimum atomic E-state index is 0.672. The van der Waals surface area contributed by atoms with Crippen molar-refractivity contribution >= 4 is 5.69 Å². The second-order valence-corrected chi connectivity index (χ2v) is 5.81. The summed E-state index contributed by atoms with van der Waals surface area (Å²) in [6.45, 7) is 4.62. The van der Waals surface area contributed by atoms with Gasteiger partial charge in [0.05, 0.1) is 0 Å². The summed E-state index contributed by atoms with van der Waals surface area (Å²) in [5.74, 6) is 0. The van der Waals surface area contributed by atoms with Crippen molar-refractivity contribution in [2.75, 3.05) is 18.4 Å². The topological polar surface area (TPSA) is 24.1 Å². The van der Waals surface area contributed by atoms with Crippen molar-refractivity contribution < 1.29 is 0 Å². The van der Waals surface area contributed by atoms with E-state index in [1.54, 1.807) is 0 Å². The zero-order chi connectivity index (χ0) is 11.7. The lowest BCUT2D eigenvalue weighted by Gasteiger charge is -2.51. The Labute approximate surface area is 104 Å². The average molecular weight is 230 g/mol. The Morgan fingerprint density at radius 2 is 1.88 bits per heavy atom. The van der Waals surface area contributed by atoms with Gasteiger partial charge in [0, 0.05) is 11.7 Å². The summed E-state index contributed by atoms with van der Waals surface area (Å²) in [4.78, 5) is 0. The summed E-state index contributed by atoms with van der Waals surface area (Å²) in [7, 11) is 0. The lowest BCUT2D eigenvalue weighted by molar-refractivity contribution is 0.0718. The van der Waals surface area contributed by atoms with E-state index >= 15 is 0 Å². The van der Waals surface area contributed by atoms with Crippen LogP contribution >= 0.6 is 0 Å². The van der Waals surface area contributed by atoms with Crippen molar-refractivity contribution in [3.05, 3.63) is 29.8 Å². The number of nitrogens with one attached hydrogen (secondary N) is 2. The Hall–Kier alpha value is -1.02. The van der Waals surface area contributed by atoms with E-state index < -0.39 is 0 Å². The van der Waals surface area contributed by atoms with E-state index in [4.69, 9.17) is 0 Å². The van der Waals surface area contributed by atoms with Crippen molar-refractivity contribution in [2.45, 2.75) is 38.6 Å². The smallest absolute Gasteiger partial charge is 0.0372 e. The van der Waals surface area contributed by atoms with E-state index in [1.165, 1.54) is 50.0 Å². The Bertz CT molecular complexity index is 386. The van der Waals surface area contributed by atoms with Crippen molar-refractivity contribution in [1.82, 2.24) is 5.32 Å². The lowest BCUT2D eigenvalue weighted by atomic mass is 9.60. The molecule has 0 unspecified atom stereocenters. The molecule has 1 saturated carbocycles. The Morgan fingerprint density at radius 1 is 1.18 bits per heavy atom. The van der Waals surface area contributed by atoms with Gasteiger partial charge < -0.3 is 10.6 Å². The first-order valence-electron chi connectivity index (χ1n) is 6.80. The van der Waals surface area contributed by atoms with Crippen molar-refractivity contribution in [3.8, 4) is 0 Å². The van der Waals surface area contributed by atoms with Crippen molar-refractivity contribution in [1.29, 1.82) is 0 Å². The van der Waals surface area contributed by atoms with Crippen LogP contribution in [0, 0.1) is 12.3 Å². The molecule has 2 aliphatic rings. The van der Waals surface area contributed by atoms with Crippen LogP contribution in [0.4, 0.5) is 5.69 Å². The third-order valence-electron chi connectivity index (χ3n) is 4.53. The van der Waals surface area contributed by atoms with Gasteiger partial charge in [-0.15, -0.1) is 0 Å². The normalized spacial score (nSPS) is 23.4. The van der Waals surface area contributed by atoms with Gasteiger partial charge >= 0.3 is 0 Å². The van der Waals surface area contributed by atoms with E-state index in [9.17, 15) is 0 Å². The molecule has 2 N–H and O–H groups in total. The fraction of sp³-hybridized carbons (Fsp3) is 0.600. The van der Waals surface area contributed by atoms with Crippen molar-refractivity contribution in [2.24, 2.45) is 5.41 Å². The maximum Gasteiger partial charge on any atom is 0.0372 e. The number of hydrogen-bond acceptors (Lipinski definition) is 2. The number of hydrogen-bond donors (Lipinski definition) is 2. The van der Waals surface area contributed by atoms with Crippen molar-refractivity contribution in [3.63, 3.8) is 0 Å². The largest absolute Gasteiger partial charge is 0.382 e. The van der Waals surface area contributed by atoms with E-state index in [2.05, 4.69) is 41.8 Å². The Morgan fingerprint density at radius 3 is 2.59 bits per heavy atom. The molecule has 1 spiro atoms. The Balaban J connectivity index is 1.58. The van der Waals surface area contributed by atoms with Gasteiger partial charge in [-0.05, 0) is 62.7 Å². The quantitative estimate of drug-likeness (QED) is 0.816. The van der Waals surface area contributed by atoms with Gasteiger partial charge in [0.2, 0.25) is 0 Å². The molecule has 0 aromatic heterocycles. The first-order valence-corrected chi connectivity index (χ1v) is 6.80. The Kier molecular flexibility index (Phi) is 2.83. The maximum atomic E-state index is 3.70. The predicted molar refractivity (Wildman–Crippen MR) is 72.4 cm³/mol. The van der Waals surface area contributed by atoms with Gasteiger partial charge in [0.25, 0.3) is 0 Å². The van der Waals surface area contributed by atoms with Crippen LogP contribution in [0.5, 0.6) is 0 Å². The molecular formula is C15H22N2. The molecule has 0 bridgehead atoms. The second-order valence-electron chi connectivity index (χ2n) is 5.81. The van der Waals surface area contributed by atoms with Gasteiger partial charge in [0.15, 0.2) is 0 Å². The molecule has 0 atom stereocenters. The van der Waals surface area contributed by atoms with Gasteiger partial charge in [-0.1, -0.05) is 18.2 Å². The van der Waals surface area contributed by atoms with Crippen LogP contribution in [0.2, 0.25) is 0 Å². The number of benzene rings is 1. The molecule has 17 heavy (non-hydrogen) atoms. The molecule has 2 nitrogen and oxygen atoms in total. The summed E-state index contributed by atoms with van der Waals surface area (Å²) < 4.78 is 0. The zero-order valence-corrected chi connectivity index (χ0v) is 10.6. The molecule has 3 rings (SSSR count). The molecule has 2 fully saturated rings. The van der Waals surface area contributed by atoms with E-state index in [0.29, 0.717) is 11.5 Å². The lowest BCUT2D eigenvalue weighted by Crippen LogP contribution is -2.50. The number of rotatable bonds is 2. The first kappa shape index (κ1) is 11.1. The van der Waals surface area contributed by atoms with Crippen LogP contribution in [-0.2, 0) is 0 Å². The summed E-state index contributed by atoms with van der Waals surface area (Å²) in [6, 6.07) is 9.31. The highest BCUT2D eigenvalue weighted by molar-refractivity contribution is 5.51. The average Bonchev–Trinajstić information content (AvgIpc) is 2.31. The molecule has 0 amide bonds. The summed E-state index contributed by atoms with van der Waals surface area (Å²) in [6.07, 6.45) is 5.48. The first-order chi connectivity index (χ1) is 8.27. The van der Waals surface area contributed by atoms with Crippen LogP contribution in [0.25, 0.3) is 0 Å². The molecule has 1 aromatic carbocycles. The fourth-order valence-electron chi connectivity index (χ4n) is 3.41. The standard InChI is InChI=1S/C15H22N2/c1-12-4-2-3-5-14(12)17-13-10-15(11-13)6-8-16-9-7-15/h2-5,13,16-17H,6-11H2,1H3. The predicted octanol–water partition coefficient (Wildman–Crippen LogP) is 2.94. The molecule has 1 heterocycles. The third kappa shape index (κ3) is 2.19. The molecule has 1 saturated heterocycles. The van der Waals surface area contributed by atoms with Crippen LogP contribution in [0.1, 0.15) is 31.2 Å². The van der Waals surface area contributed by atoms with E-state index in [0.717, 1.165) is 0 Å². The highest BCUT2D eigenvalue weighted by Crippen LogP contribution is 2.48. The number of anilines is 1. The minimum absolute atomic E-state index is 0.672. The fourth-order valence-corrected chi connectivity index (χ4v) is 3.41. The highest BCUT2D eigenvalue weighted by Gasteiger charge is 2.44. The van der Waals surface area contributed by atoms with Crippen LogP contribution < -0.4 is 10.6 Å². The molecule has 1 aliphatic heterocycles. The summed E-state index contributed by atoms with van der Waals surface area (Å²) in [5, 5.41) is 7.16. The van der Waals surface area contributed by atoms with Crippen LogP contribution in [-0.4, -0.2) is 19.1 Å². The van der Waals surface area contributed by atoms with Gasteiger partial charge in [-0.3, -0.25) is 0 Å². The molecule has 1 aliphatic carbocycles. The van der Waals surface area contributed by atoms with Gasteiger partial charge in [-0.2, -0.15) is 0 Å². The van der Waals surface area contributed by atoms with Crippen LogP contribution in [0.3, 0.4) is 0 Å². The van der Waals surface area contributed by atoms with E-state index in [1.807, 2.05) is 0 Å². The number of aryl methyl sites for hydroxylation is 1. The second kappa shape index (κ2) is 4.34. The molecular weight excluding hydrogens is 208 g/mol. The molecule has 92 valence electrons. The zero-order valence-electron chi connectivity index (χ0n) is 10.6. The molecule has 2 heteroatoms. The minimum Gasteiger partial charge on any atom is -0.382 e. The molecule has 0 radical (unpaired) electrons. The monoisotopic (exact) mass is 230 g/mol. The van der Waals surface area contributed by atoms with E-state index in [-0.39, 0.29) is 0 Å². The highest BCUT2D eigenvalue weighted by atomic mass is 15.0. The number of piperidine rings is 1. The number of para-hydroxylation sites is 1. The third-order valence-corrected chi connectivity index (χ3v) is 4.53.